The van der Waals surface area contributed by atoms with E-state index in [1.54, 1.807) is 12.1 Å². The Balaban J connectivity index is 1.68. The maximum absolute atomic E-state index is 13.5. The lowest BCUT2D eigenvalue weighted by Crippen LogP contribution is -2.30. The van der Waals surface area contributed by atoms with E-state index in [1.807, 2.05) is 67.6 Å². The molecule has 170 valence electrons. The molecule has 3 aromatic rings. The van der Waals surface area contributed by atoms with Crippen LogP contribution in [0.15, 0.2) is 89.5 Å². The first-order valence-electron chi connectivity index (χ1n) is 11.2. The number of rotatable bonds is 6. The van der Waals surface area contributed by atoms with E-state index >= 15 is 0 Å². The minimum absolute atomic E-state index is 0.0772. The van der Waals surface area contributed by atoms with E-state index in [1.165, 1.54) is 22.2 Å². The van der Waals surface area contributed by atoms with Gasteiger partial charge in [-0.15, -0.1) is 0 Å². The highest BCUT2D eigenvalue weighted by Crippen LogP contribution is 2.42. The van der Waals surface area contributed by atoms with E-state index in [-0.39, 0.29) is 11.5 Å². The summed E-state index contributed by atoms with van der Waals surface area (Å²) in [4.78, 5) is 28.1. The molecule has 1 aliphatic rings. The van der Waals surface area contributed by atoms with Crippen LogP contribution in [0.1, 0.15) is 23.6 Å². The zero-order valence-electron chi connectivity index (χ0n) is 19.1. The molecule has 1 atom stereocenters. The van der Waals surface area contributed by atoms with Gasteiger partial charge in [-0.05, 0) is 55.2 Å². The van der Waals surface area contributed by atoms with E-state index < -0.39 is 11.2 Å². The van der Waals surface area contributed by atoms with Gasteiger partial charge in [0.1, 0.15) is 16.7 Å². The summed E-state index contributed by atoms with van der Waals surface area (Å²) in [6.45, 7) is 4.06. The number of hydrogen-bond donors (Lipinski definition) is 1. The lowest BCUT2D eigenvalue weighted by molar-refractivity contribution is -0.117. The molecule has 0 unspecified atom stereocenters. The van der Waals surface area contributed by atoms with Crippen molar-refractivity contribution in [3.63, 3.8) is 0 Å². The van der Waals surface area contributed by atoms with Gasteiger partial charge in [0, 0.05) is 11.4 Å². The predicted octanol–water partition coefficient (Wildman–Crippen LogP) is 5.62. The van der Waals surface area contributed by atoms with Gasteiger partial charge in [0.2, 0.25) is 5.91 Å². The van der Waals surface area contributed by atoms with E-state index in [0.29, 0.717) is 22.8 Å². The highest BCUT2D eigenvalue weighted by atomic mass is 32.2. The Labute approximate surface area is 204 Å². The zero-order valence-corrected chi connectivity index (χ0v) is 19.9. The van der Waals surface area contributed by atoms with Crippen LogP contribution in [0.4, 0.5) is 11.4 Å². The highest BCUT2D eigenvalue weighted by Gasteiger charge is 2.40. The summed E-state index contributed by atoms with van der Waals surface area (Å²) >= 11 is 1.27. The number of para-hydroxylation sites is 1. The number of anilines is 2. The Kier molecular flexibility index (Phi) is 7.15. The standard InChI is InChI=1S/C28H25N3O2S/c1-3-20-11-13-21(14-12-20)17-25-27(33)31(23-7-5-4-6-8-23)28(34-25)24(18-29)26(32)30-22-15-9-19(2)10-16-22/h4-16,25H,3,17H2,1-2H3,(H,30,32)/b28-24+/t25-/m1/s1. The summed E-state index contributed by atoms with van der Waals surface area (Å²) in [6, 6.07) is 26.8. The molecule has 6 heteroatoms. The van der Waals surface area contributed by atoms with Crippen LogP contribution in [0.5, 0.6) is 0 Å². The van der Waals surface area contributed by atoms with Crippen molar-refractivity contribution in [1.29, 1.82) is 5.26 Å². The number of carbonyl (C=O) groups excluding carboxylic acids is 2. The fraction of sp³-hybridized carbons (Fsp3) is 0.179. The van der Waals surface area contributed by atoms with Crippen molar-refractivity contribution >= 4 is 35.0 Å². The summed E-state index contributed by atoms with van der Waals surface area (Å²) in [6.07, 6.45) is 1.46. The summed E-state index contributed by atoms with van der Waals surface area (Å²) in [5.41, 5.74) is 4.50. The normalized spacial score (nSPS) is 16.8. The lowest BCUT2D eigenvalue weighted by atomic mass is 10.1. The van der Waals surface area contributed by atoms with Gasteiger partial charge in [-0.1, -0.05) is 78.8 Å². The number of hydrogen-bond acceptors (Lipinski definition) is 4. The lowest BCUT2D eigenvalue weighted by Gasteiger charge is -2.18. The van der Waals surface area contributed by atoms with Gasteiger partial charge in [0.05, 0.1) is 5.25 Å². The minimum Gasteiger partial charge on any atom is -0.321 e. The first-order chi connectivity index (χ1) is 16.5. The number of benzene rings is 3. The van der Waals surface area contributed by atoms with Gasteiger partial charge >= 0.3 is 0 Å². The second-order valence-electron chi connectivity index (χ2n) is 8.10. The Morgan fingerprint density at radius 2 is 1.65 bits per heavy atom. The predicted molar refractivity (Wildman–Crippen MR) is 137 cm³/mol. The topological polar surface area (TPSA) is 73.2 Å². The van der Waals surface area contributed by atoms with Crippen molar-refractivity contribution in [2.45, 2.75) is 31.9 Å². The molecule has 0 spiro atoms. The van der Waals surface area contributed by atoms with Crippen LogP contribution in [-0.2, 0) is 22.4 Å². The number of aryl methyl sites for hydroxylation is 2. The third kappa shape index (κ3) is 5.05. The molecule has 0 bridgehead atoms. The van der Waals surface area contributed by atoms with E-state index in [9.17, 15) is 14.9 Å². The second-order valence-corrected chi connectivity index (χ2v) is 9.29. The Bertz CT molecular complexity index is 1260. The molecule has 34 heavy (non-hydrogen) atoms. The Morgan fingerprint density at radius 1 is 1.00 bits per heavy atom. The van der Waals surface area contributed by atoms with Crippen LogP contribution < -0.4 is 10.2 Å². The van der Waals surface area contributed by atoms with Crippen LogP contribution in [0.3, 0.4) is 0 Å². The molecule has 0 aliphatic carbocycles. The first-order valence-corrected chi connectivity index (χ1v) is 12.0. The fourth-order valence-electron chi connectivity index (χ4n) is 3.75. The summed E-state index contributed by atoms with van der Waals surface area (Å²) < 4.78 is 0. The molecule has 1 saturated heterocycles. The summed E-state index contributed by atoms with van der Waals surface area (Å²) in [5, 5.41) is 12.7. The molecule has 0 saturated carbocycles. The molecule has 1 aliphatic heterocycles. The van der Waals surface area contributed by atoms with Crippen LogP contribution in [0.25, 0.3) is 0 Å². The van der Waals surface area contributed by atoms with Gasteiger partial charge in [-0.25, -0.2) is 0 Å². The first kappa shape index (κ1) is 23.3. The van der Waals surface area contributed by atoms with Crippen molar-refractivity contribution in [2.75, 3.05) is 10.2 Å². The third-order valence-corrected chi connectivity index (χ3v) is 6.94. The molecule has 1 heterocycles. The van der Waals surface area contributed by atoms with Crippen molar-refractivity contribution < 1.29 is 9.59 Å². The quantitative estimate of drug-likeness (QED) is 0.377. The number of thioether (sulfide) groups is 1. The maximum Gasteiger partial charge on any atom is 0.269 e. The van der Waals surface area contributed by atoms with Crippen molar-refractivity contribution in [1.82, 2.24) is 0 Å². The minimum atomic E-state index is -0.532. The molecule has 1 N–H and O–H groups in total. The van der Waals surface area contributed by atoms with Crippen LogP contribution in [0, 0.1) is 18.3 Å². The van der Waals surface area contributed by atoms with Gasteiger partial charge in [-0.2, -0.15) is 5.26 Å². The van der Waals surface area contributed by atoms with Crippen molar-refractivity contribution in [3.05, 3.63) is 106 Å². The van der Waals surface area contributed by atoms with E-state index in [4.69, 9.17) is 0 Å². The molecule has 5 nitrogen and oxygen atoms in total. The summed E-state index contributed by atoms with van der Waals surface area (Å²) in [7, 11) is 0. The van der Waals surface area contributed by atoms with Gasteiger partial charge < -0.3 is 5.32 Å². The van der Waals surface area contributed by atoms with Gasteiger partial charge in [0.15, 0.2) is 0 Å². The number of nitrogens with zero attached hydrogens (tertiary/aromatic N) is 2. The smallest absolute Gasteiger partial charge is 0.269 e. The molecule has 0 radical (unpaired) electrons. The SMILES string of the molecule is CCc1ccc(C[C@H]2S/C(=C(\C#N)C(=O)Nc3ccc(C)cc3)N(c3ccccc3)C2=O)cc1. The Hall–Kier alpha value is -3.82. The fourth-order valence-corrected chi connectivity index (χ4v) is 5.06. The van der Waals surface area contributed by atoms with E-state index in [2.05, 4.69) is 24.4 Å². The Morgan fingerprint density at radius 3 is 2.26 bits per heavy atom. The molecule has 2 amide bonds. The van der Waals surface area contributed by atoms with Crippen LogP contribution in [0.2, 0.25) is 0 Å². The second kappa shape index (κ2) is 10.4. The molecule has 4 rings (SSSR count). The zero-order chi connectivity index (χ0) is 24.1. The monoisotopic (exact) mass is 467 g/mol. The molecule has 0 aromatic heterocycles. The number of amides is 2. The van der Waals surface area contributed by atoms with Crippen molar-refractivity contribution in [2.24, 2.45) is 0 Å². The van der Waals surface area contributed by atoms with Crippen LogP contribution >= 0.6 is 11.8 Å². The average molecular weight is 468 g/mol. The third-order valence-electron chi connectivity index (χ3n) is 5.68. The van der Waals surface area contributed by atoms with Gasteiger partial charge in [0.25, 0.3) is 5.91 Å². The number of carbonyl (C=O) groups is 2. The highest BCUT2D eigenvalue weighted by molar-refractivity contribution is 8.05. The van der Waals surface area contributed by atoms with Crippen LogP contribution in [-0.4, -0.2) is 17.1 Å². The maximum atomic E-state index is 13.5. The summed E-state index contributed by atoms with van der Waals surface area (Å²) in [5.74, 6) is -0.669. The average Bonchev–Trinajstić information content (AvgIpc) is 3.17. The number of nitriles is 1. The molecule has 3 aromatic carbocycles. The molecular weight excluding hydrogens is 442 g/mol. The van der Waals surface area contributed by atoms with Crippen molar-refractivity contribution in [3.8, 4) is 6.07 Å². The molecule has 1 fully saturated rings. The van der Waals surface area contributed by atoms with Gasteiger partial charge in [-0.3, -0.25) is 14.5 Å². The van der Waals surface area contributed by atoms with E-state index in [0.717, 1.165) is 17.5 Å². The largest absolute Gasteiger partial charge is 0.321 e. The number of nitrogens with one attached hydrogen (secondary N) is 1. The molecular formula is C28H25N3O2S.